The first kappa shape index (κ1) is 16.9. The number of hydrogen-bond donors (Lipinski definition) is 2. The summed E-state index contributed by atoms with van der Waals surface area (Å²) < 4.78 is 12.8. The van der Waals surface area contributed by atoms with Gasteiger partial charge in [0.05, 0.1) is 12.1 Å². The molecule has 1 saturated heterocycles. The lowest BCUT2D eigenvalue weighted by Gasteiger charge is -2.31. The molecule has 1 heterocycles. The Kier molecular flexibility index (Phi) is 4.87. The van der Waals surface area contributed by atoms with Crippen LogP contribution in [0.5, 0.6) is 0 Å². The van der Waals surface area contributed by atoms with Crippen molar-refractivity contribution in [2.75, 3.05) is 26.2 Å². The first-order valence-electron chi connectivity index (χ1n) is 7.65. The number of β-amino-alcohol motifs (C(OH)–C–C–N with tert-alkyl or cyclic N) is 1. The molecule has 122 valence electrons. The number of likely N-dealkylation sites (tertiary alicyclic amines) is 1. The van der Waals surface area contributed by atoms with Gasteiger partial charge in [0.1, 0.15) is 5.82 Å². The molecule has 1 atom stereocenters. The van der Waals surface area contributed by atoms with Gasteiger partial charge in [-0.2, -0.15) is 0 Å². The maximum atomic E-state index is 12.8. The van der Waals surface area contributed by atoms with Gasteiger partial charge >= 0.3 is 0 Å². The highest BCUT2D eigenvalue weighted by atomic mass is 19.1. The summed E-state index contributed by atoms with van der Waals surface area (Å²) in [5, 5.41) is 13.2. The van der Waals surface area contributed by atoms with Crippen LogP contribution < -0.4 is 5.32 Å². The SMILES string of the molecule is CC1(C)CN(CC(=O)NCCc2ccc(F)cc2)C[C@]1(C)O. The molecule has 0 bridgehead atoms. The van der Waals surface area contributed by atoms with Crippen LogP contribution in [0.2, 0.25) is 0 Å². The van der Waals surface area contributed by atoms with Crippen molar-refractivity contribution in [3.05, 3.63) is 35.6 Å². The molecule has 0 radical (unpaired) electrons. The molecule has 1 aliphatic heterocycles. The Balaban J connectivity index is 1.74. The molecule has 0 aliphatic carbocycles. The minimum absolute atomic E-state index is 0.0457. The lowest BCUT2D eigenvalue weighted by Crippen LogP contribution is -2.40. The van der Waals surface area contributed by atoms with Gasteiger partial charge in [0.15, 0.2) is 0 Å². The third-order valence-corrected chi connectivity index (χ3v) is 4.62. The van der Waals surface area contributed by atoms with Crippen molar-refractivity contribution in [2.45, 2.75) is 32.8 Å². The Bertz CT molecular complexity index is 510. The van der Waals surface area contributed by atoms with Crippen LogP contribution in [0.1, 0.15) is 26.3 Å². The van der Waals surface area contributed by atoms with Crippen molar-refractivity contribution in [1.29, 1.82) is 0 Å². The van der Waals surface area contributed by atoms with E-state index in [9.17, 15) is 14.3 Å². The minimum Gasteiger partial charge on any atom is -0.388 e. The van der Waals surface area contributed by atoms with Gasteiger partial charge in [-0.1, -0.05) is 26.0 Å². The summed E-state index contributed by atoms with van der Waals surface area (Å²) in [5.74, 6) is -0.299. The average Bonchev–Trinajstić information content (AvgIpc) is 2.59. The van der Waals surface area contributed by atoms with E-state index in [1.54, 1.807) is 12.1 Å². The fourth-order valence-electron chi connectivity index (χ4n) is 2.80. The number of aliphatic hydroxyl groups is 1. The van der Waals surface area contributed by atoms with E-state index < -0.39 is 5.60 Å². The number of amides is 1. The van der Waals surface area contributed by atoms with Crippen LogP contribution in [-0.4, -0.2) is 47.7 Å². The molecule has 4 nitrogen and oxygen atoms in total. The maximum absolute atomic E-state index is 12.8. The maximum Gasteiger partial charge on any atom is 0.234 e. The van der Waals surface area contributed by atoms with Crippen molar-refractivity contribution >= 4 is 5.91 Å². The third kappa shape index (κ3) is 4.05. The van der Waals surface area contributed by atoms with E-state index in [-0.39, 0.29) is 17.1 Å². The molecule has 22 heavy (non-hydrogen) atoms. The van der Waals surface area contributed by atoms with Gasteiger partial charge in [0, 0.05) is 25.0 Å². The van der Waals surface area contributed by atoms with Crippen molar-refractivity contribution in [3.63, 3.8) is 0 Å². The first-order chi connectivity index (χ1) is 10.2. The van der Waals surface area contributed by atoms with E-state index in [0.29, 0.717) is 32.6 Å². The molecular formula is C17H25FN2O2. The van der Waals surface area contributed by atoms with Gasteiger partial charge in [-0.3, -0.25) is 9.69 Å². The molecule has 1 aliphatic rings. The standard InChI is InChI=1S/C17H25FN2O2/c1-16(2)11-20(12-17(16,3)22)10-15(21)19-9-8-13-4-6-14(18)7-5-13/h4-7,22H,8-12H2,1-3H3,(H,19,21)/t17-/m0/s1. The third-order valence-electron chi connectivity index (χ3n) is 4.62. The van der Waals surface area contributed by atoms with Crippen molar-refractivity contribution < 1.29 is 14.3 Å². The molecule has 1 aromatic rings. The summed E-state index contributed by atoms with van der Waals surface area (Å²) in [7, 11) is 0. The highest BCUT2D eigenvalue weighted by Gasteiger charge is 2.47. The number of hydrogen-bond acceptors (Lipinski definition) is 3. The van der Waals surface area contributed by atoms with Gasteiger partial charge < -0.3 is 10.4 Å². The molecule has 0 saturated carbocycles. The molecule has 0 aromatic heterocycles. The minimum atomic E-state index is -0.776. The average molecular weight is 308 g/mol. The molecule has 1 amide bonds. The zero-order valence-corrected chi connectivity index (χ0v) is 13.5. The van der Waals surface area contributed by atoms with Crippen molar-refractivity contribution in [3.8, 4) is 0 Å². The summed E-state index contributed by atoms with van der Waals surface area (Å²) in [6.45, 7) is 7.87. The smallest absolute Gasteiger partial charge is 0.234 e. The Morgan fingerprint density at radius 2 is 1.91 bits per heavy atom. The van der Waals surface area contributed by atoms with Gasteiger partial charge in [-0.25, -0.2) is 4.39 Å². The second kappa shape index (κ2) is 6.34. The number of carbonyl (C=O) groups is 1. The van der Waals surface area contributed by atoms with E-state index >= 15 is 0 Å². The van der Waals surface area contributed by atoms with Crippen LogP contribution in [0.15, 0.2) is 24.3 Å². The number of nitrogens with zero attached hydrogens (tertiary/aromatic N) is 1. The molecule has 0 spiro atoms. The predicted octanol–water partition coefficient (Wildman–Crippen LogP) is 1.58. The number of halogens is 1. The van der Waals surface area contributed by atoms with Crippen molar-refractivity contribution in [2.24, 2.45) is 5.41 Å². The van der Waals surface area contributed by atoms with Crippen LogP contribution in [-0.2, 0) is 11.2 Å². The largest absolute Gasteiger partial charge is 0.388 e. The zero-order valence-electron chi connectivity index (χ0n) is 13.5. The lowest BCUT2D eigenvalue weighted by atomic mass is 9.79. The molecule has 2 N–H and O–H groups in total. The second-order valence-corrected chi connectivity index (χ2v) is 7.03. The normalized spacial score (nSPS) is 24.4. The Labute approximate surface area is 131 Å². The number of carbonyl (C=O) groups excluding carboxylic acids is 1. The fourth-order valence-corrected chi connectivity index (χ4v) is 2.80. The number of rotatable bonds is 5. The summed E-state index contributed by atoms with van der Waals surface area (Å²) >= 11 is 0. The highest BCUT2D eigenvalue weighted by Crippen LogP contribution is 2.37. The van der Waals surface area contributed by atoms with Crippen LogP contribution in [0.4, 0.5) is 4.39 Å². The second-order valence-electron chi connectivity index (χ2n) is 7.03. The van der Waals surface area contributed by atoms with Gasteiger partial charge in [0.25, 0.3) is 0 Å². The topological polar surface area (TPSA) is 52.6 Å². The summed E-state index contributed by atoms with van der Waals surface area (Å²) in [6, 6.07) is 6.29. The van der Waals surface area contributed by atoms with Crippen LogP contribution in [0, 0.1) is 11.2 Å². The zero-order chi connectivity index (χ0) is 16.4. The molecule has 2 rings (SSSR count). The van der Waals surface area contributed by atoms with E-state index in [4.69, 9.17) is 0 Å². The molecule has 0 unspecified atom stereocenters. The van der Waals surface area contributed by atoms with E-state index in [1.807, 2.05) is 25.7 Å². The van der Waals surface area contributed by atoms with Crippen LogP contribution in [0.3, 0.4) is 0 Å². The molecule has 1 aromatic carbocycles. The number of benzene rings is 1. The Morgan fingerprint density at radius 3 is 2.45 bits per heavy atom. The van der Waals surface area contributed by atoms with Crippen LogP contribution in [0.25, 0.3) is 0 Å². The van der Waals surface area contributed by atoms with E-state index in [2.05, 4.69) is 5.32 Å². The van der Waals surface area contributed by atoms with E-state index in [1.165, 1.54) is 12.1 Å². The van der Waals surface area contributed by atoms with Crippen LogP contribution >= 0.6 is 0 Å². The number of nitrogens with one attached hydrogen (secondary N) is 1. The monoisotopic (exact) mass is 308 g/mol. The quantitative estimate of drug-likeness (QED) is 0.868. The first-order valence-corrected chi connectivity index (χ1v) is 7.65. The summed E-state index contributed by atoms with van der Waals surface area (Å²) in [4.78, 5) is 14.0. The Hall–Kier alpha value is -1.46. The molecule has 5 heteroatoms. The lowest BCUT2D eigenvalue weighted by molar-refractivity contribution is -0.122. The van der Waals surface area contributed by atoms with Gasteiger partial charge in [-0.05, 0) is 31.0 Å². The molecular weight excluding hydrogens is 283 g/mol. The van der Waals surface area contributed by atoms with Gasteiger partial charge in [0.2, 0.25) is 5.91 Å². The van der Waals surface area contributed by atoms with Crippen molar-refractivity contribution in [1.82, 2.24) is 10.2 Å². The Morgan fingerprint density at radius 1 is 1.27 bits per heavy atom. The van der Waals surface area contributed by atoms with Gasteiger partial charge in [-0.15, -0.1) is 0 Å². The predicted molar refractivity (Wildman–Crippen MR) is 84.0 cm³/mol. The highest BCUT2D eigenvalue weighted by molar-refractivity contribution is 5.78. The fraction of sp³-hybridized carbons (Fsp3) is 0.588. The summed E-state index contributed by atoms with van der Waals surface area (Å²) in [6.07, 6.45) is 0.676. The summed E-state index contributed by atoms with van der Waals surface area (Å²) in [5.41, 5.74) is -0.00470. The molecule has 1 fully saturated rings. The van der Waals surface area contributed by atoms with E-state index in [0.717, 1.165) is 5.56 Å².